The Morgan fingerprint density at radius 1 is 1.56 bits per heavy atom. The molecule has 0 bridgehead atoms. The monoisotopic (exact) mass is 270 g/mol. The smallest absolute Gasteiger partial charge is 0.345 e. The number of nitrogens with one attached hydrogen (secondary N) is 1. The number of likely N-dealkylation sites (N-methyl/N-ethyl adjacent to an activating group) is 1. The second kappa shape index (κ2) is 5.19. The van der Waals surface area contributed by atoms with Crippen LogP contribution in [-0.4, -0.2) is 41.0 Å². The number of thiazole rings is 1. The minimum atomic E-state index is -0.403. The summed E-state index contributed by atoms with van der Waals surface area (Å²) in [5.41, 5.74) is 0.167. The van der Waals surface area contributed by atoms with E-state index in [0.29, 0.717) is 5.13 Å². The molecule has 100 valence electrons. The number of nitro groups is 1. The van der Waals surface area contributed by atoms with Crippen LogP contribution in [0.3, 0.4) is 0 Å². The molecule has 0 radical (unpaired) electrons. The molecule has 0 spiro atoms. The number of hydrogen-bond acceptors (Lipinski definition) is 6. The normalized spacial score (nSPS) is 18.2. The molecule has 1 heterocycles. The van der Waals surface area contributed by atoms with Crippen molar-refractivity contribution >= 4 is 21.5 Å². The van der Waals surface area contributed by atoms with Gasteiger partial charge >= 0.3 is 5.00 Å². The third-order valence-electron chi connectivity index (χ3n) is 3.73. The lowest BCUT2D eigenvalue weighted by Crippen LogP contribution is -2.47. The fraction of sp³-hybridized carbons (Fsp3) is 0.727. The van der Waals surface area contributed by atoms with E-state index in [-0.39, 0.29) is 10.5 Å². The summed E-state index contributed by atoms with van der Waals surface area (Å²) >= 11 is 1.09. The first kappa shape index (κ1) is 13.2. The molecule has 18 heavy (non-hydrogen) atoms. The van der Waals surface area contributed by atoms with Gasteiger partial charge in [0.15, 0.2) is 5.13 Å². The number of anilines is 1. The fourth-order valence-electron chi connectivity index (χ4n) is 2.49. The van der Waals surface area contributed by atoms with Crippen LogP contribution in [0.2, 0.25) is 0 Å². The standard InChI is InChI=1S/C11H18N4O2S/c1-14(2)11(5-3-4-6-11)8-13-10-12-7-9(18-10)15(16)17/h7H,3-6,8H2,1-2H3,(H,12,13). The van der Waals surface area contributed by atoms with Crippen LogP contribution in [0.25, 0.3) is 0 Å². The average molecular weight is 270 g/mol. The van der Waals surface area contributed by atoms with Crippen molar-refractivity contribution in [3.05, 3.63) is 16.3 Å². The third kappa shape index (κ3) is 2.62. The molecule has 0 aromatic carbocycles. The van der Waals surface area contributed by atoms with Gasteiger partial charge in [0.2, 0.25) is 0 Å². The number of rotatable bonds is 5. The average Bonchev–Trinajstić information content (AvgIpc) is 2.96. The highest BCUT2D eigenvalue weighted by Crippen LogP contribution is 2.34. The van der Waals surface area contributed by atoms with Gasteiger partial charge in [-0.1, -0.05) is 12.8 Å². The van der Waals surface area contributed by atoms with E-state index < -0.39 is 4.92 Å². The molecule has 0 saturated heterocycles. The summed E-state index contributed by atoms with van der Waals surface area (Å²) in [7, 11) is 4.19. The molecule has 1 aromatic rings. The van der Waals surface area contributed by atoms with Gasteiger partial charge < -0.3 is 10.2 Å². The van der Waals surface area contributed by atoms with Crippen molar-refractivity contribution in [1.29, 1.82) is 0 Å². The predicted molar refractivity (Wildman–Crippen MR) is 72.1 cm³/mol. The van der Waals surface area contributed by atoms with Crippen LogP contribution in [-0.2, 0) is 0 Å². The van der Waals surface area contributed by atoms with Gasteiger partial charge in [-0.05, 0) is 38.3 Å². The van der Waals surface area contributed by atoms with E-state index in [9.17, 15) is 10.1 Å². The minimum Gasteiger partial charge on any atom is -0.359 e. The molecule has 6 nitrogen and oxygen atoms in total. The molecule has 1 saturated carbocycles. The summed E-state index contributed by atoms with van der Waals surface area (Å²) in [6.07, 6.45) is 6.14. The van der Waals surface area contributed by atoms with E-state index in [0.717, 1.165) is 17.9 Å². The molecule has 1 N–H and O–H groups in total. The Balaban J connectivity index is 1.99. The van der Waals surface area contributed by atoms with Gasteiger partial charge in [0, 0.05) is 12.1 Å². The summed E-state index contributed by atoms with van der Waals surface area (Å²) in [4.78, 5) is 16.5. The molecular weight excluding hydrogens is 252 g/mol. The van der Waals surface area contributed by atoms with Gasteiger partial charge in [-0.3, -0.25) is 10.1 Å². The van der Waals surface area contributed by atoms with Gasteiger partial charge in [0.05, 0.1) is 4.92 Å². The molecule has 0 unspecified atom stereocenters. The fourth-order valence-corrected chi connectivity index (χ4v) is 3.11. The summed E-state index contributed by atoms with van der Waals surface area (Å²) in [6.45, 7) is 0.796. The zero-order valence-corrected chi connectivity index (χ0v) is 11.5. The molecule has 7 heteroatoms. The molecule has 1 aliphatic carbocycles. The van der Waals surface area contributed by atoms with Crippen LogP contribution in [0.4, 0.5) is 10.1 Å². The van der Waals surface area contributed by atoms with E-state index in [4.69, 9.17) is 0 Å². The first-order chi connectivity index (χ1) is 8.53. The molecular formula is C11H18N4O2S. The Bertz CT molecular complexity index is 426. The molecule has 2 rings (SSSR count). The van der Waals surface area contributed by atoms with Crippen molar-refractivity contribution in [2.24, 2.45) is 0 Å². The van der Waals surface area contributed by atoms with Crippen molar-refractivity contribution in [1.82, 2.24) is 9.88 Å². The van der Waals surface area contributed by atoms with Gasteiger partial charge in [0.25, 0.3) is 0 Å². The molecule has 1 aromatic heterocycles. The van der Waals surface area contributed by atoms with Gasteiger partial charge in [-0.25, -0.2) is 4.98 Å². The maximum Gasteiger partial charge on any atom is 0.345 e. The van der Waals surface area contributed by atoms with E-state index >= 15 is 0 Å². The largest absolute Gasteiger partial charge is 0.359 e. The van der Waals surface area contributed by atoms with E-state index in [1.807, 2.05) is 0 Å². The highest BCUT2D eigenvalue weighted by molar-refractivity contribution is 7.18. The highest BCUT2D eigenvalue weighted by atomic mass is 32.1. The maximum absolute atomic E-state index is 10.6. The molecule has 0 atom stereocenters. The highest BCUT2D eigenvalue weighted by Gasteiger charge is 2.35. The Hall–Kier alpha value is -1.21. The molecule has 0 aliphatic heterocycles. The predicted octanol–water partition coefficient (Wildman–Crippen LogP) is 2.34. The second-order valence-corrected chi connectivity index (χ2v) is 5.95. The summed E-state index contributed by atoms with van der Waals surface area (Å²) in [5.74, 6) is 0. The van der Waals surface area contributed by atoms with E-state index in [2.05, 4.69) is 29.3 Å². The zero-order valence-electron chi connectivity index (χ0n) is 10.7. The Labute approximate surface area is 110 Å². The van der Waals surface area contributed by atoms with Crippen molar-refractivity contribution in [2.45, 2.75) is 31.2 Å². The Morgan fingerprint density at radius 3 is 2.72 bits per heavy atom. The lowest BCUT2D eigenvalue weighted by Gasteiger charge is -2.36. The van der Waals surface area contributed by atoms with E-state index in [1.165, 1.54) is 31.9 Å². The molecule has 1 aliphatic rings. The van der Waals surface area contributed by atoms with Crippen molar-refractivity contribution in [3.63, 3.8) is 0 Å². The lowest BCUT2D eigenvalue weighted by molar-refractivity contribution is -0.380. The summed E-state index contributed by atoms with van der Waals surface area (Å²) in [5, 5.41) is 14.6. The number of hydrogen-bond donors (Lipinski definition) is 1. The zero-order chi connectivity index (χ0) is 13.2. The quantitative estimate of drug-likeness (QED) is 0.657. The lowest BCUT2D eigenvalue weighted by atomic mass is 9.96. The van der Waals surface area contributed by atoms with Crippen LogP contribution in [0.5, 0.6) is 0 Å². The topological polar surface area (TPSA) is 71.3 Å². The number of aromatic nitrogens is 1. The van der Waals surface area contributed by atoms with Gasteiger partial charge in [-0.2, -0.15) is 0 Å². The van der Waals surface area contributed by atoms with Crippen LogP contribution >= 0.6 is 11.3 Å². The Kier molecular flexibility index (Phi) is 3.82. The van der Waals surface area contributed by atoms with Crippen molar-refractivity contribution in [2.75, 3.05) is 26.0 Å². The van der Waals surface area contributed by atoms with Crippen molar-refractivity contribution in [3.8, 4) is 0 Å². The van der Waals surface area contributed by atoms with E-state index in [1.54, 1.807) is 0 Å². The third-order valence-corrected chi connectivity index (χ3v) is 4.63. The van der Waals surface area contributed by atoms with Crippen LogP contribution in [0.15, 0.2) is 6.20 Å². The first-order valence-corrected chi connectivity index (χ1v) is 6.87. The molecule has 1 fully saturated rings. The Morgan fingerprint density at radius 2 is 2.22 bits per heavy atom. The number of nitrogens with zero attached hydrogens (tertiary/aromatic N) is 3. The second-order valence-electron chi connectivity index (χ2n) is 4.94. The molecule has 0 amide bonds. The van der Waals surface area contributed by atoms with Crippen LogP contribution in [0.1, 0.15) is 25.7 Å². The van der Waals surface area contributed by atoms with Gasteiger partial charge in [0.1, 0.15) is 6.20 Å². The van der Waals surface area contributed by atoms with Crippen LogP contribution in [0, 0.1) is 10.1 Å². The summed E-state index contributed by atoms with van der Waals surface area (Å²) in [6, 6.07) is 0. The summed E-state index contributed by atoms with van der Waals surface area (Å²) < 4.78 is 0. The maximum atomic E-state index is 10.6. The minimum absolute atomic E-state index is 0.0859. The first-order valence-electron chi connectivity index (χ1n) is 6.05. The van der Waals surface area contributed by atoms with Crippen molar-refractivity contribution < 1.29 is 4.92 Å². The SMILES string of the molecule is CN(C)C1(CNc2ncc([N+](=O)[O-])s2)CCCC1. The van der Waals surface area contributed by atoms with Gasteiger partial charge in [-0.15, -0.1) is 0 Å². The van der Waals surface area contributed by atoms with Crippen LogP contribution < -0.4 is 5.32 Å².